The van der Waals surface area contributed by atoms with Gasteiger partial charge in [0, 0.05) is 185 Å². The van der Waals surface area contributed by atoms with Crippen LogP contribution in [-0.2, 0) is 80.4 Å². The van der Waals surface area contributed by atoms with Gasteiger partial charge in [0.05, 0.1) is 47.4 Å². The summed E-state index contributed by atoms with van der Waals surface area (Å²) in [7, 11) is 1.66. The van der Waals surface area contributed by atoms with Gasteiger partial charge in [-0.2, -0.15) is 0 Å². The van der Waals surface area contributed by atoms with Crippen molar-refractivity contribution in [2.24, 2.45) is 0 Å². The molecule has 5 aromatic heterocycles. The van der Waals surface area contributed by atoms with Gasteiger partial charge >= 0.3 is 0 Å². The van der Waals surface area contributed by atoms with E-state index in [1.807, 2.05) is 91.5 Å². The zero-order chi connectivity index (χ0) is 84.0. The van der Waals surface area contributed by atoms with E-state index in [2.05, 4.69) is 319 Å². The number of nitrogens with zero attached hydrogens (tertiary/aromatic N) is 9. The minimum absolute atomic E-state index is 0. The van der Waals surface area contributed by atoms with Crippen molar-refractivity contribution in [2.45, 2.75) is 163 Å². The molecule has 1 aliphatic heterocycles. The Labute approximate surface area is 804 Å². The van der Waals surface area contributed by atoms with E-state index in [1.165, 1.54) is 143 Å². The predicted molar refractivity (Wildman–Crippen MR) is 513 cm³/mol. The molecule has 1 saturated heterocycles. The monoisotopic (exact) mass is 2390 g/mol. The van der Waals surface area contributed by atoms with Crippen LogP contribution in [0.25, 0.3) is 134 Å². The number of furan rings is 1. The number of benzene rings is 13. The molecule has 11 nitrogen and oxygen atoms in total. The first kappa shape index (κ1) is 99.9. The van der Waals surface area contributed by atoms with Crippen LogP contribution in [0.2, 0.25) is 0 Å². The van der Waals surface area contributed by atoms with Crippen LogP contribution in [0.3, 0.4) is 0 Å². The Kier molecular flexibility index (Phi) is 33.0. The van der Waals surface area contributed by atoms with E-state index in [-0.39, 0.29) is 120 Å². The van der Waals surface area contributed by atoms with Crippen molar-refractivity contribution in [2.75, 3.05) is 12.0 Å². The van der Waals surface area contributed by atoms with E-state index in [1.54, 1.807) is 19.4 Å². The van der Waals surface area contributed by atoms with Gasteiger partial charge in [-0.3, -0.25) is 24.3 Å². The van der Waals surface area contributed by atoms with Crippen molar-refractivity contribution in [3.05, 3.63) is 359 Å². The van der Waals surface area contributed by atoms with Crippen molar-refractivity contribution in [3.8, 4) is 96.4 Å². The van der Waals surface area contributed by atoms with E-state index in [9.17, 15) is 4.39 Å². The number of methoxy groups -OCH3 is 1. The summed E-state index contributed by atoms with van der Waals surface area (Å²) in [6, 6.07) is 87.6. The molecule has 0 bridgehead atoms. The second-order valence-electron chi connectivity index (χ2n) is 33.4. The molecule has 16 heteroatoms. The van der Waals surface area contributed by atoms with E-state index in [4.69, 9.17) is 14.1 Å². The average Bonchev–Trinajstić information content (AvgIpc) is 1.71. The molecule has 0 spiro atoms. The Morgan fingerprint density at radius 3 is 1.27 bits per heavy atom. The van der Waals surface area contributed by atoms with E-state index in [0.717, 1.165) is 101 Å². The number of halogens is 1. The number of aryl methyl sites for hydroxylation is 12. The average molecular weight is 2390 g/mol. The standard InChI is InChI=1S/C32H27N2O.C27H34N3.C26H25N2O.C23H14FN2.3CH4.4Ir/c1-19-15-22(4)31(23(5)16-19)34-18-27(30-20(2)9-8-10-21(30)3)33-32(34)24-13-14-29-26(17-24)25-11-6-7-12-28(25)35-29;1-19-17-20(2)24(21(3)18-19)29-16-15-28-25(29)22-9-11-23(12-10-22)30-26(4,5)13-8-14-27(30,6)7;1-17-7-6-8-18(2)24(17)22-15-19(3)25(20(4)16-22)28-14-13-27-26(28)21-9-11-23(29-5)12-10-21;24-19-11-9-16(10-12-19)23-25-13-14-26(23)22-20-7-3-1-5-17(20)15-18-6-2-4-8-21(18)22;;;;;;;/h6-12,14-18H,1-5H3;9,11-12,15-18H,8,13-14H2,1-7H3;6-9,11-16H,1-5H3;1-9,11-15H;3*1H4;;;;/q4*-1;;;;;;;. The maximum Gasteiger partial charge on any atom is 0.120 e. The van der Waals surface area contributed by atoms with Gasteiger partial charge in [0.25, 0.3) is 0 Å². The molecule has 0 aliphatic carbocycles. The Morgan fingerprint density at radius 1 is 0.378 bits per heavy atom. The number of ether oxygens (including phenoxy) is 1. The Bertz CT molecular complexity index is 6690. The predicted octanol–water partition coefficient (Wildman–Crippen LogP) is 29.2. The zero-order valence-corrected chi connectivity index (χ0v) is 82.6. The number of para-hydroxylation sites is 1. The number of imidazole rings is 4. The van der Waals surface area contributed by atoms with E-state index < -0.39 is 0 Å². The third-order valence-corrected chi connectivity index (χ3v) is 23.5. The van der Waals surface area contributed by atoms with E-state index >= 15 is 0 Å². The third-order valence-electron chi connectivity index (χ3n) is 23.5. The molecule has 0 N–H and O–H groups in total. The molecular weight excluding hydrogens is 2280 g/mol. The van der Waals surface area contributed by atoms with Gasteiger partial charge in [0.1, 0.15) is 5.58 Å². The van der Waals surface area contributed by atoms with Crippen LogP contribution in [0.4, 0.5) is 10.1 Å². The summed E-state index contributed by atoms with van der Waals surface area (Å²) in [6.45, 7) is 35.4. The summed E-state index contributed by atoms with van der Waals surface area (Å²) in [5, 5.41) is 6.82. The van der Waals surface area contributed by atoms with Crippen LogP contribution in [-0.4, -0.2) is 56.4 Å². The first-order valence-electron chi connectivity index (χ1n) is 41.2. The fourth-order valence-electron chi connectivity index (χ4n) is 18.6. The number of hydrogen-bond acceptors (Lipinski definition) is 7. The molecule has 0 saturated carbocycles. The molecule has 1 aliphatic rings. The number of hydrogen-bond donors (Lipinski definition) is 0. The zero-order valence-electron chi connectivity index (χ0n) is 73.0. The molecule has 1 fully saturated rings. The van der Waals surface area contributed by atoms with Crippen LogP contribution in [0.5, 0.6) is 5.75 Å². The normalized spacial score (nSPS) is 12.2. The molecule has 0 amide bonds. The van der Waals surface area contributed by atoms with Gasteiger partial charge in [0.2, 0.25) is 0 Å². The van der Waals surface area contributed by atoms with Gasteiger partial charge in [-0.1, -0.05) is 166 Å². The van der Waals surface area contributed by atoms with Gasteiger partial charge in [0.15, 0.2) is 0 Å². The first-order valence-corrected chi connectivity index (χ1v) is 41.2. The fourth-order valence-corrected chi connectivity index (χ4v) is 18.6. The molecule has 6 heterocycles. The number of aromatic nitrogens is 8. The van der Waals surface area contributed by atoms with Gasteiger partial charge < -0.3 is 32.3 Å². The molecule has 19 rings (SSSR count). The molecule has 127 heavy (non-hydrogen) atoms. The number of anilines is 1. The maximum atomic E-state index is 13.3. The van der Waals surface area contributed by atoms with Crippen molar-refractivity contribution in [1.29, 1.82) is 0 Å². The van der Waals surface area contributed by atoms with Gasteiger partial charge in [-0.25, -0.2) is 0 Å². The molecule has 13 aromatic carbocycles. The summed E-state index contributed by atoms with van der Waals surface area (Å²) in [6.07, 6.45) is 17.4. The topological polar surface area (TPSA) is 96.9 Å². The fraction of sp³-hybridized carbons (Fsp3) is 0.225. The maximum absolute atomic E-state index is 13.3. The molecule has 18 aromatic rings. The molecule has 4 radical (unpaired) electrons. The van der Waals surface area contributed by atoms with Crippen LogP contribution in [0.15, 0.2) is 266 Å². The summed E-state index contributed by atoms with van der Waals surface area (Å²) in [5.74, 6) is 3.92. The molecular formula is C111H112FIr4N9O2-4. The van der Waals surface area contributed by atoms with Crippen LogP contribution < -0.4 is 9.64 Å². The van der Waals surface area contributed by atoms with Crippen molar-refractivity contribution < 1.29 is 94.0 Å². The third kappa shape index (κ3) is 20.3. The van der Waals surface area contributed by atoms with Crippen molar-refractivity contribution in [1.82, 2.24) is 38.2 Å². The van der Waals surface area contributed by atoms with Gasteiger partial charge in [-0.15, -0.1) is 113 Å². The second-order valence-corrected chi connectivity index (χ2v) is 33.4. The minimum atomic E-state index is -0.303. The molecule has 0 atom stereocenters. The van der Waals surface area contributed by atoms with E-state index in [0.29, 0.717) is 0 Å². The first-order chi connectivity index (χ1) is 57.8. The van der Waals surface area contributed by atoms with Crippen molar-refractivity contribution >= 4 is 49.2 Å². The summed E-state index contributed by atoms with van der Waals surface area (Å²) < 4.78 is 33.3. The van der Waals surface area contributed by atoms with Crippen LogP contribution in [0.1, 0.15) is 136 Å². The Balaban J connectivity index is 0.000000189. The van der Waals surface area contributed by atoms with Gasteiger partial charge in [-0.05, 0) is 238 Å². The molecule has 0 unspecified atom stereocenters. The Hall–Kier alpha value is -10.9. The van der Waals surface area contributed by atoms with Crippen LogP contribution >= 0.6 is 0 Å². The number of fused-ring (bicyclic) bond motifs is 5. The van der Waals surface area contributed by atoms with Crippen LogP contribution in [0, 0.1) is 113 Å². The summed E-state index contributed by atoms with van der Waals surface area (Å²) in [5.41, 5.74) is 31.3. The largest absolute Gasteiger partial charge is 0.540 e. The number of rotatable bonds is 12. The summed E-state index contributed by atoms with van der Waals surface area (Å²) >= 11 is 0. The number of piperidine rings is 1. The SMILES string of the molecule is C.C.C.COc1c[c-]c(-c2nccn2-c2c(C)cc(-c3c(C)cccc3C)cc2C)cc1.Cc1cc(C)c(-n2cc(-c3c(C)cccc3C)nc2-c2[c-]cc3oc4ccccc4c3c2)c(C)c1.Cc1cc(C)c(-n2ccnc2-c2[c-]cc(N3C(C)(C)CCCC3(C)C)cc2)c(C)c1.Fc1c[c-]c(-c2nccn2-c2c3ccccc3cc3ccccc23)cc1.[Ir].[Ir].[Ir].[Ir]. The smallest absolute Gasteiger partial charge is 0.120 e. The summed E-state index contributed by atoms with van der Waals surface area (Å²) in [4.78, 5) is 21.6. The van der Waals surface area contributed by atoms with Crippen molar-refractivity contribution in [3.63, 3.8) is 0 Å². The Morgan fingerprint density at radius 2 is 0.803 bits per heavy atom. The quantitative estimate of drug-likeness (QED) is 0.0888. The minimum Gasteiger partial charge on any atom is -0.540 e. The second kappa shape index (κ2) is 41.9. The molecule has 660 valence electrons.